The molecule has 1 aliphatic rings. The van der Waals surface area contributed by atoms with Gasteiger partial charge in [-0.2, -0.15) is 12.1 Å². The van der Waals surface area contributed by atoms with E-state index in [2.05, 4.69) is 234 Å². The minimum atomic E-state index is -0.0754. The van der Waals surface area contributed by atoms with Crippen LogP contribution < -0.4 is 14.5 Å². The van der Waals surface area contributed by atoms with Crippen molar-refractivity contribution in [2.24, 2.45) is 0 Å². The second kappa shape index (κ2) is 16.5. The predicted molar refractivity (Wildman–Crippen MR) is 289 cm³/mol. The van der Waals surface area contributed by atoms with E-state index in [-0.39, 0.29) is 26.5 Å². The first-order valence-corrected chi connectivity index (χ1v) is 23.9. The quantitative estimate of drug-likeness (QED) is 0.156. The summed E-state index contributed by atoms with van der Waals surface area (Å²) in [7, 11) is 0. The fraction of sp³-hybridized carbons (Fsp3) is 0.0625. The number of hydrogen-bond acceptors (Lipinski definition) is 4. The molecule has 13 aromatic rings. The number of fused-ring (bicyclic) bond motifs is 11. The van der Waals surface area contributed by atoms with E-state index >= 15 is 0 Å². The summed E-state index contributed by atoms with van der Waals surface area (Å²) in [6, 6.07) is 78.7. The molecule has 344 valence electrons. The second-order valence-corrected chi connectivity index (χ2v) is 19.3. The molecule has 0 aliphatic carbocycles. The summed E-state index contributed by atoms with van der Waals surface area (Å²) in [6.45, 7) is 9.07. The first kappa shape index (κ1) is 42.9. The smallest absolute Gasteiger partial charge is 0.160 e. The van der Waals surface area contributed by atoms with Gasteiger partial charge in [-0.1, -0.05) is 154 Å². The first-order chi connectivity index (χ1) is 34.4. The summed E-state index contributed by atoms with van der Waals surface area (Å²) in [5.41, 5.74) is 16.1. The van der Waals surface area contributed by atoms with E-state index < -0.39 is 0 Å². The van der Waals surface area contributed by atoms with E-state index in [0.717, 1.165) is 77.7 Å². The zero-order chi connectivity index (χ0) is 46.7. The van der Waals surface area contributed by atoms with E-state index in [1.165, 1.54) is 38.4 Å². The minimum Gasteiger partial charge on any atom is -0.509 e. The van der Waals surface area contributed by atoms with Crippen LogP contribution in [0.25, 0.3) is 87.8 Å². The second-order valence-electron chi connectivity index (χ2n) is 19.3. The molecule has 71 heavy (non-hydrogen) atoms. The van der Waals surface area contributed by atoms with Gasteiger partial charge in [-0.3, -0.25) is 0 Å². The van der Waals surface area contributed by atoms with Crippen LogP contribution in [0.3, 0.4) is 0 Å². The molecule has 0 amide bonds. The van der Waals surface area contributed by atoms with Gasteiger partial charge in [0, 0.05) is 94.0 Å². The molecule has 0 saturated carbocycles. The average molecular weight is 1090 g/mol. The summed E-state index contributed by atoms with van der Waals surface area (Å²) >= 11 is 0. The number of ether oxygens (including phenoxy) is 1. The zero-order valence-corrected chi connectivity index (χ0v) is 41.4. The van der Waals surface area contributed by atoms with E-state index in [4.69, 9.17) is 9.72 Å². The van der Waals surface area contributed by atoms with Crippen LogP contribution in [0.2, 0.25) is 0 Å². The number of pyridine rings is 1. The number of benzene rings is 9. The van der Waals surface area contributed by atoms with Crippen molar-refractivity contribution in [1.29, 1.82) is 0 Å². The molecular formula is C64H44N5OPt-3. The molecular weight excluding hydrogens is 1050 g/mol. The van der Waals surface area contributed by atoms with E-state index in [0.29, 0.717) is 11.5 Å². The Morgan fingerprint density at radius 2 is 1.03 bits per heavy atom. The molecule has 6 nitrogen and oxygen atoms in total. The van der Waals surface area contributed by atoms with Crippen LogP contribution in [-0.4, -0.2) is 13.8 Å². The molecule has 0 N–H and O–H groups in total. The summed E-state index contributed by atoms with van der Waals surface area (Å²) in [5.74, 6) is 1.17. The van der Waals surface area contributed by atoms with Crippen LogP contribution in [0.5, 0.6) is 11.5 Å². The van der Waals surface area contributed by atoms with Crippen molar-refractivity contribution >= 4 is 88.3 Å². The normalized spacial score (nSPS) is 12.8. The van der Waals surface area contributed by atoms with Gasteiger partial charge in [-0.15, -0.1) is 48.1 Å². The molecule has 0 bridgehead atoms. The minimum absolute atomic E-state index is 0. The molecule has 14 rings (SSSR count). The Morgan fingerprint density at radius 3 is 1.72 bits per heavy atom. The number of nitrogens with zero attached hydrogens (tertiary/aromatic N) is 5. The molecule has 9 aromatic carbocycles. The summed E-state index contributed by atoms with van der Waals surface area (Å²) in [4.78, 5) is 9.72. The topological polar surface area (TPSA) is 37.4 Å². The molecule has 5 heterocycles. The molecule has 0 spiro atoms. The van der Waals surface area contributed by atoms with Crippen molar-refractivity contribution in [3.8, 4) is 33.8 Å². The molecule has 7 heteroatoms. The van der Waals surface area contributed by atoms with Gasteiger partial charge in [-0.25, -0.2) is 4.98 Å². The molecule has 1 aliphatic heterocycles. The molecule has 0 saturated heterocycles. The maximum Gasteiger partial charge on any atom is 0.160 e. The monoisotopic (exact) mass is 1090 g/mol. The SMILES string of the molecule is CC(C)(C)c1cc(-c2ccccc2)c(N2[CH-]N(c3[c-]c(Oc4[c-]c5c(cc4)c4cccc6c7cccc8c9ccccc9n(c9cccnc9n5c46)c87)ccc3)c3ccccc32)c(-c2ccccc2)c1.[Pt]. The zero-order valence-electron chi connectivity index (χ0n) is 39.2. The van der Waals surface area contributed by atoms with Gasteiger partial charge in [0.15, 0.2) is 5.65 Å². The van der Waals surface area contributed by atoms with E-state index in [1.807, 2.05) is 30.5 Å². The van der Waals surface area contributed by atoms with Crippen LogP contribution in [-0.2, 0) is 26.5 Å². The Kier molecular flexibility index (Phi) is 9.95. The van der Waals surface area contributed by atoms with Crippen LogP contribution in [0.15, 0.2) is 206 Å². The van der Waals surface area contributed by atoms with Crippen LogP contribution >= 0.6 is 0 Å². The third-order valence-corrected chi connectivity index (χ3v) is 14.1. The Balaban J connectivity index is 0.00000492. The van der Waals surface area contributed by atoms with Crippen molar-refractivity contribution in [1.82, 2.24) is 13.8 Å². The number of aromatic nitrogens is 3. The predicted octanol–water partition coefficient (Wildman–Crippen LogP) is 16.8. The number of hydrogen-bond donors (Lipinski definition) is 0. The maximum atomic E-state index is 6.82. The molecule has 0 radical (unpaired) electrons. The van der Waals surface area contributed by atoms with Crippen LogP contribution in [0.4, 0.5) is 22.7 Å². The van der Waals surface area contributed by atoms with Gasteiger partial charge in [0.25, 0.3) is 0 Å². The van der Waals surface area contributed by atoms with Crippen molar-refractivity contribution < 1.29 is 25.8 Å². The number of anilines is 4. The van der Waals surface area contributed by atoms with Gasteiger partial charge in [-0.05, 0) is 70.0 Å². The van der Waals surface area contributed by atoms with E-state index in [1.54, 1.807) is 0 Å². The first-order valence-electron chi connectivity index (χ1n) is 23.9. The number of para-hydroxylation sites is 5. The van der Waals surface area contributed by atoms with E-state index in [9.17, 15) is 0 Å². The van der Waals surface area contributed by atoms with Crippen molar-refractivity contribution in [3.05, 3.63) is 231 Å². The Labute approximate surface area is 425 Å². The fourth-order valence-electron chi connectivity index (χ4n) is 10.9. The Hall–Kier alpha value is -8.18. The molecule has 0 atom stereocenters. The van der Waals surface area contributed by atoms with Gasteiger partial charge in [0.1, 0.15) is 0 Å². The van der Waals surface area contributed by atoms with Gasteiger partial charge in [0.2, 0.25) is 0 Å². The third kappa shape index (κ3) is 6.69. The third-order valence-electron chi connectivity index (χ3n) is 14.1. The van der Waals surface area contributed by atoms with Crippen molar-refractivity contribution in [3.63, 3.8) is 0 Å². The van der Waals surface area contributed by atoms with Gasteiger partial charge in [0.05, 0.1) is 16.6 Å². The molecule has 4 aromatic heterocycles. The maximum absolute atomic E-state index is 6.82. The Morgan fingerprint density at radius 1 is 0.479 bits per heavy atom. The average Bonchev–Trinajstić information content (AvgIpc) is 4.06. The van der Waals surface area contributed by atoms with Gasteiger partial charge < -0.3 is 23.3 Å². The van der Waals surface area contributed by atoms with Crippen LogP contribution in [0, 0.1) is 18.8 Å². The van der Waals surface area contributed by atoms with Gasteiger partial charge >= 0.3 is 0 Å². The summed E-state index contributed by atoms with van der Waals surface area (Å²) < 4.78 is 11.5. The standard InChI is InChI=1S/C64H44N5O.Pt/c1-64(2,3)43-36-53(41-18-6-4-7-19-41)60(54(37-43)42-20-8-5-9-21-42)67-40-66(56-30-12-13-31-57(56)67)44-22-14-23-45(38-44)70-46-33-34-48-50-26-16-28-52-51-27-15-25-49-47-24-10-11-29-55(47)68(61(49)51)58-32-17-35-65-63(58)69(62(50)52)59(48)39-46;/h4-37,40H,1-3H3;/q-3;. The van der Waals surface area contributed by atoms with Crippen molar-refractivity contribution in [2.45, 2.75) is 26.2 Å². The molecule has 0 unspecified atom stereocenters. The summed E-state index contributed by atoms with van der Waals surface area (Å²) in [6.07, 6.45) is 1.89. The van der Waals surface area contributed by atoms with Crippen LogP contribution in [0.1, 0.15) is 26.3 Å². The fourth-order valence-corrected chi connectivity index (χ4v) is 10.9. The summed E-state index contributed by atoms with van der Waals surface area (Å²) in [5, 5.41) is 6.96. The largest absolute Gasteiger partial charge is 0.509 e. The molecule has 0 fully saturated rings. The Bertz CT molecular complexity index is 4190. The number of rotatable bonds is 6. The van der Waals surface area contributed by atoms with Crippen molar-refractivity contribution in [2.75, 3.05) is 9.80 Å².